The molecule has 238 valence electrons. The van der Waals surface area contributed by atoms with Gasteiger partial charge >= 0.3 is 12.1 Å². The minimum atomic E-state index is -0.652. The number of aryl methyl sites for hydroxylation is 1. The Morgan fingerprint density at radius 3 is 2.62 bits per heavy atom. The zero-order valence-electron chi connectivity index (χ0n) is 26.8. The van der Waals surface area contributed by atoms with Crippen LogP contribution in [-0.4, -0.2) is 83.4 Å². The number of likely N-dealkylation sites (N-methyl/N-ethyl adjacent to an activating group) is 1. The first-order valence-electron chi connectivity index (χ1n) is 16.2. The summed E-state index contributed by atoms with van der Waals surface area (Å²) in [6, 6.07) is 12.1. The van der Waals surface area contributed by atoms with E-state index in [9.17, 15) is 10.1 Å². The van der Waals surface area contributed by atoms with E-state index in [2.05, 4.69) is 29.1 Å². The van der Waals surface area contributed by atoms with E-state index in [1.165, 1.54) is 11.1 Å². The SMILES string of the molecule is CN1CCC[C@H]1COc1nc(N2CCN(C(=O)OC(C)(C)C)[C@@H](CC#N)C2)c2ccc(-c3cccc4c3CCCC4)c(F)c2n1. The van der Waals surface area contributed by atoms with E-state index in [0.717, 1.165) is 50.6 Å². The molecule has 0 unspecified atom stereocenters. The predicted octanol–water partition coefficient (Wildman–Crippen LogP) is 6.13. The molecular formula is C35H43FN6O3. The van der Waals surface area contributed by atoms with Crippen molar-refractivity contribution in [2.45, 2.75) is 83.4 Å². The van der Waals surface area contributed by atoms with Crippen molar-refractivity contribution in [3.63, 3.8) is 0 Å². The number of benzene rings is 2. The number of aromatic nitrogens is 2. The molecule has 1 aliphatic carbocycles. The summed E-state index contributed by atoms with van der Waals surface area (Å²) >= 11 is 0. The van der Waals surface area contributed by atoms with Crippen LogP contribution < -0.4 is 9.64 Å². The maximum atomic E-state index is 16.7. The predicted molar refractivity (Wildman–Crippen MR) is 172 cm³/mol. The molecule has 2 aliphatic heterocycles. The Labute approximate surface area is 264 Å². The Balaban J connectivity index is 1.39. The molecule has 2 saturated heterocycles. The van der Waals surface area contributed by atoms with Crippen LogP contribution in [0.5, 0.6) is 6.01 Å². The molecule has 6 rings (SSSR count). The van der Waals surface area contributed by atoms with Crippen molar-refractivity contribution in [1.29, 1.82) is 5.26 Å². The number of nitrogens with zero attached hydrogens (tertiary/aromatic N) is 6. The van der Waals surface area contributed by atoms with E-state index in [1.807, 2.05) is 49.9 Å². The Bertz CT molecular complexity index is 1620. The van der Waals surface area contributed by atoms with Crippen molar-refractivity contribution in [3.05, 3.63) is 47.3 Å². The third-order valence-corrected chi connectivity index (χ3v) is 9.27. The van der Waals surface area contributed by atoms with Crippen LogP contribution in [0.15, 0.2) is 30.3 Å². The normalized spacial score (nSPS) is 20.6. The average molecular weight is 615 g/mol. The summed E-state index contributed by atoms with van der Waals surface area (Å²) in [7, 11) is 2.08. The van der Waals surface area contributed by atoms with E-state index in [1.54, 1.807) is 4.90 Å². The summed E-state index contributed by atoms with van der Waals surface area (Å²) in [6.07, 6.45) is 6.01. The Morgan fingerprint density at radius 1 is 1.04 bits per heavy atom. The van der Waals surface area contributed by atoms with Gasteiger partial charge in [-0.05, 0) is 95.6 Å². The molecule has 0 radical (unpaired) electrons. The second-order valence-electron chi connectivity index (χ2n) is 13.5. The summed E-state index contributed by atoms with van der Waals surface area (Å²) in [5.41, 5.74) is 3.52. The van der Waals surface area contributed by atoms with Gasteiger partial charge in [0.2, 0.25) is 0 Å². The van der Waals surface area contributed by atoms with Crippen LogP contribution >= 0.6 is 0 Å². The first kappa shape index (κ1) is 31.0. The Morgan fingerprint density at radius 2 is 1.87 bits per heavy atom. The van der Waals surface area contributed by atoms with E-state index >= 15 is 4.39 Å². The number of hydrogen-bond donors (Lipinski definition) is 0. The van der Waals surface area contributed by atoms with E-state index in [4.69, 9.17) is 14.5 Å². The van der Waals surface area contributed by atoms with Gasteiger partial charge in [-0.1, -0.05) is 24.3 Å². The molecule has 0 bridgehead atoms. The molecule has 0 saturated carbocycles. The summed E-state index contributed by atoms with van der Waals surface area (Å²) in [5.74, 6) is 0.154. The summed E-state index contributed by atoms with van der Waals surface area (Å²) in [4.78, 5) is 28.5. The van der Waals surface area contributed by atoms with Crippen molar-refractivity contribution in [2.24, 2.45) is 0 Å². The van der Waals surface area contributed by atoms with Crippen molar-refractivity contribution < 1.29 is 18.7 Å². The van der Waals surface area contributed by atoms with Crippen LogP contribution in [0, 0.1) is 17.1 Å². The van der Waals surface area contributed by atoms with Crippen molar-refractivity contribution in [3.8, 4) is 23.2 Å². The second kappa shape index (κ2) is 12.8. The zero-order chi connectivity index (χ0) is 31.7. The molecule has 1 aromatic heterocycles. The topological polar surface area (TPSA) is 94.8 Å². The molecule has 1 amide bonds. The summed E-state index contributed by atoms with van der Waals surface area (Å²) in [6.45, 7) is 8.03. The molecule has 10 heteroatoms. The lowest BCUT2D eigenvalue weighted by Gasteiger charge is -2.41. The van der Waals surface area contributed by atoms with Crippen LogP contribution in [0.2, 0.25) is 0 Å². The molecule has 3 aliphatic rings. The average Bonchev–Trinajstić information content (AvgIpc) is 3.43. The number of carbonyl (C=O) groups excluding carboxylic acids is 1. The van der Waals surface area contributed by atoms with Crippen LogP contribution in [0.1, 0.15) is 64.0 Å². The van der Waals surface area contributed by atoms with Gasteiger partial charge in [-0.2, -0.15) is 15.2 Å². The minimum Gasteiger partial charge on any atom is -0.462 e. The molecule has 2 atom stereocenters. The molecule has 3 aromatic rings. The van der Waals surface area contributed by atoms with Crippen LogP contribution in [-0.2, 0) is 17.6 Å². The first-order valence-corrected chi connectivity index (χ1v) is 16.2. The molecule has 45 heavy (non-hydrogen) atoms. The fourth-order valence-corrected chi connectivity index (χ4v) is 6.92. The molecule has 3 heterocycles. The third-order valence-electron chi connectivity index (χ3n) is 9.27. The van der Waals surface area contributed by atoms with E-state index in [0.29, 0.717) is 43.0 Å². The van der Waals surface area contributed by atoms with Gasteiger partial charge in [0.25, 0.3) is 0 Å². The van der Waals surface area contributed by atoms with Crippen LogP contribution in [0.25, 0.3) is 22.0 Å². The number of piperazine rings is 1. The lowest BCUT2D eigenvalue weighted by molar-refractivity contribution is 0.0145. The number of ether oxygens (including phenoxy) is 2. The molecular weight excluding hydrogens is 571 g/mol. The van der Waals surface area contributed by atoms with Crippen molar-refractivity contribution in [1.82, 2.24) is 19.8 Å². The lowest BCUT2D eigenvalue weighted by Crippen LogP contribution is -2.56. The highest BCUT2D eigenvalue weighted by molar-refractivity contribution is 5.94. The number of nitriles is 1. The number of fused-ring (bicyclic) bond motifs is 2. The van der Waals surface area contributed by atoms with Gasteiger partial charge < -0.3 is 24.2 Å². The highest BCUT2D eigenvalue weighted by Gasteiger charge is 2.35. The molecule has 9 nitrogen and oxygen atoms in total. The second-order valence-corrected chi connectivity index (χ2v) is 13.5. The first-order chi connectivity index (χ1) is 21.6. The highest BCUT2D eigenvalue weighted by atomic mass is 19.1. The maximum Gasteiger partial charge on any atom is 0.410 e. The number of amides is 1. The van der Waals surface area contributed by atoms with Gasteiger partial charge in [-0.3, -0.25) is 0 Å². The Kier molecular flexibility index (Phi) is 8.82. The summed E-state index contributed by atoms with van der Waals surface area (Å²) < 4.78 is 28.5. The standard InChI is InChI=1S/C35H43FN6O3/c1-35(2,3)45-34(43)42-20-19-41(21-24(42)16-17-37)32-29-15-14-28(27-13-7-10-23-9-5-6-12-26(23)27)30(36)31(29)38-33(39-32)44-22-25-11-8-18-40(25)4/h7,10,13-15,24-25H,5-6,8-9,11-12,16,18-22H2,1-4H3/t24-,25-/m0/s1. The lowest BCUT2D eigenvalue weighted by atomic mass is 9.85. The van der Waals surface area contributed by atoms with Gasteiger partial charge in [0, 0.05) is 36.6 Å². The fraction of sp³-hybridized carbons (Fsp3) is 0.543. The number of rotatable bonds is 6. The number of anilines is 1. The fourth-order valence-electron chi connectivity index (χ4n) is 6.92. The number of hydrogen-bond acceptors (Lipinski definition) is 8. The smallest absolute Gasteiger partial charge is 0.410 e. The van der Waals surface area contributed by atoms with Crippen LogP contribution in [0.4, 0.5) is 15.0 Å². The highest BCUT2D eigenvalue weighted by Crippen LogP contribution is 2.38. The largest absolute Gasteiger partial charge is 0.462 e. The molecule has 0 N–H and O–H groups in total. The van der Waals surface area contributed by atoms with Crippen LogP contribution in [0.3, 0.4) is 0 Å². The zero-order valence-corrected chi connectivity index (χ0v) is 26.8. The van der Waals surface area contributed by atoms with Crippen molar-refractivity contribution >= 4 is 22.8 Å². The van der Waals surface area contributed by atoms with Gasteiger partial charge in [0.05, 0.1) is 18.5 Å². The number of halogens is 1. The third kappa shape index (κ3) is 6.55. The monoisotopic (exact) mass is 614 g/mol. The molecule has 2 fully saturated rings. The quantitative estimate of drug-likeness (QED) is 0.328. The Hall–Kier alpha value is -3.97. The van der Waals surface area contributed by atoms with Gasteiger partial charge in [0.1, 0.15) is 23.5 Å². The number of carbonyl (C=O) groups is 1. The van der Waals surface area contributed by atoms with Gasteiger partial charge in [-0.25, -0.2) is 9.18 Å². The molecule has 2 aromatic carbocycles. The van der Waals surface area contributed by atoms with E-state index in [-0.39, 0.29) is 29.8 Å². The number of likely N-dealkylation sites (tertiary alicyclic amines) is 1. The minimum absolute atomic E-state index is 0.133. The van der Waals surface area contributed by atoms with Crippen molar-refractivity contribution in [2.75, 3.05) is 44.7 Å². The maximum absolute atomic E-state index is 16.7. The van der Waals surface area contributed by atoms with Gasteiger partial charge in [0.15, 0.2) is 5.82 Å². The van der Waals surface area contributed by atoms with Gasteiger partial charge in [-0.15, -0.1) is 0 Å². The summed E-state index contributed by atoms with van der Waals surface area (Å²) in [5, 5.41) is 10.2. The van der Waals surface area contributed by atoms with E-state index < -0.39 is 17.7 Å². The molecule has 0 spiro atoms.